The van der Waals surface area contributed by atoms with Crippen molar-refractivity contribution in [2.75, 3.05) is 13.2 Å². The summed E-state index contributed by atoms with van der Waals surface area (Å²) in [7, 11) is 0. The van der Waals surface area contributed by atoms with E-state index in [0.29, 0.717) is 38.2 Å². The van der Waals surface area contributed by atoms with Gasteiger partial charge in [-0.3, -0.25) is 4.79 Å². The van der Waals surface area contributed by atoms with Gasteiger partial charge in [0.1, 0.15) is 5.82 Å². The molecule has 0 saturated carbocycles. The Morgan fingerprint density at radius 2 is 2.10 bits per heavy atom. The molecule has 0 atom stereocenters. The molecule has 4 nitrogen and oxygen atoms in total. The van der Waals surface area contributed by atoms with E-state index in [2.05, 4.69) is 5.32 Å². The van der Waals surface area contributed by atoms with Gasteiger partial charge >= 0.3 is 0 Å². The molecule has 0 aromatic heterocycles. The quantitative estimate of drug-likeness (QED) is 0.893. The number of ether oxygens (including phenoxy) is 1. The molecule has 0 radical (unpaired) electrons. The van der Waals surface area contributed by atoms with Crippen LogP contribution in [0, 0.1) is 12.7 Å². The molecular formula is C14H20ClFN2O2. The highest BCUT2D eigenvalue weighted by atomic mass is 35.5. The molecule has 0 aliphatic carbocycles. The van der Waals surface area contributed by atoms with Crippen molar-refractivity contribution in [2.45, 2.75) is 31.8 Å². The summed E-state index contributed by atoms with van der Waals surface area (Å²) in [5.41, 5.74) is 6.66. The molecule has 1 aliphatic rings. The van der Waals surface area contributed by atoms with Crippen LogP contribution in [-0.2, 0) is 16.1 Å². The number of nitrogens with one attached hydrogen (secondary N) is 1. The van der Waals surface area contributed by atoms with E-state index in [0.717, 1.165) is 5.56 Å². The molecular weight excluding hydrogens is 283 g/mol. The molecule has 0 spiro atoms. The van der Waals surface area contributed by atoms with Crippen molar-refractivity contribution < 1.29 is 13.9 Å². The first-order chi connectivity index (χ1) is 9.01. The molecule has 1 aromatic rings. The number of halogens is 2. The maximum Gasteiger partial charge on any atom is 0.240 e. The minimum Gasteiger partial charge on any atom is -0.381 e. The normalized spacial score (nSPS) is 17.1. The number of amides is 1. The Morgan fingerprint density at radius 3 is 2.70 bits per heavy atom. The fourth-order valence-corrected chi connectivity index (χ4v) is 2.14. The van der Waals surface area contributed by atoms with Crippen LogP contribution >= 0.6 is 12.4 Å². The first-order valence-electron chi connectivity index (χ1n) is 6.41. The molecule has 6 heteroatoms. The first-order valence-corrected chi connectivity index (χ1v) is 6.41. The first kappa shape index (κ1) is 16.9. The number of nitrogens with two attached hydrogens (primary N) is 1. The zero-order valence-electron chi connectivity index (χ0n) is 11.4. The van der Waals surface area contributed by atoms with Crippen molar-refractivity contribution in [3.8, 4) is 0 Å². The van der Waals surface area contributed by atoms with E-state index in [9.17, 15) is 9.18 Å². The van der Waals surface area contributed by atoms with Crippen molar-refractivity contribution in [1.82, 2.24) is 5.32 Å². The van der Waals surface area contributed by atoms with E-state index < -0.39 is 5.54 Å². The van der Waals surface area contributed by atoms with E-state index >= 15 is 0 Å². The van der Waals surface area contributed by atoms with Gasteiger partial charge in [0.15, 0.2) is 0 Å². The SMILES string of the molecule is Cc1cc(CNC(=O)C2(N)CCOCC2)ccc1F.Cl. The van der Waals surface area contributed by atoms with E-state index in [-0.39, 0.29) is 24.1 Å². The average molecular weight is 303 g/mol. The van der Waals surface area contributed by atoms with E-state index in [1.807, 2.05) is 0 Å². The van der Waals surface area contributed by atoms with Crippen LogP contribution in [0.3, 0.4) is 0 Å². The second-order valence-corrected chi connectivity index (χ2v) is 5.03. The molecule has 1 saturated heterocycles. The zero-order chi connectivity index (χ0) is 13.9. The van der Waals surface area contributed by atoms with Gasteiger partial charge in [-0.1, -0.05) is 12.1 Å². The van der Waals surface area contributed by atoms with Gasteiger partial charge in [-0.2, -0.15) is 0 Å². The summed E-state index contributed by atoms with van der Waals surface area (Å²) in [5, 5.41) is 2.81. The van der Waals surface area contributed by atoms with Gasteiger partial charge in [0.25, 0.3) is 0 Å². The average Bonchev–Trinajstić information content (AvgIpc) is 2.40. The Bertz CT molecular complexity index is 476. The van der Waals surface area contributed by atoms with Crippen LogP contribution < -0.4 is 11.1 Å². The summed E-state index contributed by atoms with van der Waals surface area (Å²) in [5.74, 6) is -0.410. The number of aryl methyl sites for hydroxylation is 1. The van der Waals surface area contributed by atoms with Crippen LogP contribution in [0.15, 0.2) is 18.2 Å². The van der Waals surface area contributed by atoms with Gasteiger partial charge in [-0.25, -0.2) is 4.39 Å². The molecule has 1 fully saturated rings. The van der Waals surface area contributed by atoms with Gasteiger partial charge in [-0.15, -0.1) is 12.4 Å². The third-order valence-electron chi connectivity index (χ3n) is 3.51. The third-order valence-corrected chi connectivity index (χ3v) is 3.51. The molecule has 1 amide bonds. The molecule has 1 aliphatic heterocycles. The lowest BCUT2D eigenvalue weighted by molar-refractivity contribution is -0.129. The molecule has 0 unspecified atom stereocenters. The number of carbonyl (C=O) groups excluding carboxylic acids is 1. The van der Waals surface area contributed by atoms with E-state index in [1.54, 1.807) is 19.1 Å². The summed E-state index contributed by atoms with van der Waals surface area (Å²) in [4.78, 5) is 12.1. The minimum atomic E-state index is -0.840. The number of hydrogen-bond donors (Lipinski definition) is 2. The Balaban J connectivity index is 0.00000200. The van der Waals surface area contributed by atoms with Crippen molar-refractivity contribution >= 4 is 18.3 Å². The second kappa shape index (κ2) is 7.02. The highest BCUT2D eigenvalue weighted by Crippen LogP contribution is 2.18. The van der Waals surface area contributed by atoms with Crippen molar-refractivity contribution in [3.05, 3.63) is 35.1 Å². The topological polar surface area (TPSA) is 64.4 Å². The summed E-state index contributed by atoms with van der Waals surface area (Å²) in [6.07, 6.45) is 1.06. The number of hydrogen-bond acceptors (Lipinski definition) is 3. The molecule has 2 rings (SSSR count). The van der Waals surface area contributed by atoms with Crippen LogP contribution in [-0.4, -0.2) is 24.7 Å². The van der Waals surface area contributed by atoms with Gasteiger partial charge in [0, 0.05) is 19.8 Å². The van der Waals surface area contributed by atoms with Crippen molar-refractivity contribution in [3.63, 3.8) is 0 Å². The number of benzene rings is 1. The van der Waals surface area contributed by atoms with E-state index in [1.165, 1.54) is 6.07 Å². The van der Waals surface area contributed by atoms with Gasteiger partial charge in [-0.05, 0) is 37.0 Å². The second-order valence-electron chi connectivity index (χ2n) is 5.03. The molecule has 3 N–H and O–H groups in total. The van der Waals surface area contributed by atoms with Crippen LogP contribution in [0.25, 0.3) is 0 Å². The number of carbonyl (C=O) groups is 1. The molecule has 1 heterocycles. The zero-order valence-corrected chi connectivity index (χ0v) is 12.3. The fourth-order valence-electron chi connectivity index (χ4n) is 2.14. The molecule has 20 heavy (non-hydrogen) atoms. The van der Waals surface area contributed by atoms with Crippen LogP contribution in [0.2, 0.25) is 0 Å². The van der Waals surface area contributed by atoms with Crippen LogP contribution in [0.1, 0.15) is 24.0 Å². The maximum absolute atomic E-state index is 13.1. The third kappa shape index (κ3) is 3.91. The largest absolute Gasteiger partial charge is 0.381 e. The predicted octanol–water partition coefficient (Wildman–Crippen LogP) is 1.68. The maximum atomic E-state index is 13.1. The standard InChI is InChI=1S/C14H19FN2O2.ClH/c1-10-8-11(2-3-12(10)15)9-17-13(18)14(16)4-6-19-7-5-14;/h2-3,8H,4-7,9,16H2,1H3,(H,17,18);1H. The monoisotopic (exact) mass is 302 g/mol. The summed E-state index contributed by atoms with van der Waals surface area (Å²) in [6.45, 7) is 3.09. The highest BCUT2D eigenvalue weighted by molar-refractivity contribution is 5.86. The lowest BCUT2D eigenvalue weighted by Gasteiger charge is -2.31. The van der Waals surface area contributed by atoms with Gasteiger partial charge in [0.2, 0.25) is 5.91 Å². The lowest BCUT2D eigenvalue weighted by atomic mass is 9.90. The Labute approximate surface area is 124 Å². The smallest absolute Gasteiger partial charge is 0.240 e. The number of rotatable bonds is 3. The Morgan fingerprint density at radius 1 is 1.45 bits per heavy atom. The summed E-state index contributed by atoms with van der Waals surface area (Å²) >= 11 is 0. The van der Waals surface area contributed by atoms with Crippen LogP contribution in [0.5, 0.6) is 0 Å². The molecule has 1 aromatic carbocycles. The van der Waals surface area contributed by atoms with Gasteiger partial charge < -0.3 is 15.8 Å². The molecule has 0 bridgehead atoms. The highest BCUT2D eigenvalue weighted by Gasteiger charge is 2.35. The van der Waals surface area contributed by atoms with Crippen LogP contribution in [0.4, 0.5) is 4.39 Å². The van der Waals surface area contributed by atoms with Crippen molar-refractivity contribution in [2.24, 2.45) is 5.73 Å². The predicted molar refractivity (Wildman–Crippen MR) is 77.2 cm³/mol. The Kier molecular flexibility index (Phi) is 5.92. The van der Waals surface area contributed by atoms with E-state index in [4.69, 9.17) is 10.5 Å². The summed E-state index contributed by atoms with van der Waals surface area (Å²) < 4.78 is 18.3. The Hall–Kier alpha value is -1.17. The fraction of sp³-hybridized carbons (Fsp3) is 0.500. The summed E-state index contributed by atoms with van der Waals surface area (Å²) in [6, 6.07) is 4.79. The lowest BCUT2D eigenvalue weighted by Crippen LogP contribution is -2.56. The van der Waals surface area contributed by atoms with Crippen molar-refractivity contribution in [1.29, 1.82) is 0 Å². The van der Waals surface area contributed by atoms with Gasteiger partial charge in [0.05, 0.1) is 5.54 Å². The molecule has 112 valence electrons. The minimum absolute atomic E-state index is 0.